The average molecular weight is 406 g/mol. The van der Waals surface area contributed by atoms with Crippen LogP contribution in [0.5, 0.6) is 0 Å². The van der Waals surface area contributed by atoms with Crippen molar-refractivity contribution in [3.05, 3.63) is 23.8 Å². The van der Waals surface area contributed by atoms with E-state index in [-0.39, 0.29) is 18.4 Å². The number of rotatable bonds is 3. The molecule has 3 amide bonds. The number of urea groups is 1. The van der Waals surface area contributed by atoms with Crippen LogP contribution in [0, 0.1) is 6.92 Å². The van der Waals surface area contributed by atoms with E-state index in [0.29, 0.717) is 16.6 Å². The summed E-state index contributed by atoms with van der Waals surface area (Å²) in [5, 5.41) is 2.99. The molecule has 2 aromatic heterocycles. The van der Waals surface area contributed by atoms with E-state index in [9.17, 15) is 14.0 Å². The van der Waals surface area contributed by atoms with Gasteiger partial charge in [0.05, 0.1) is 22.8 Å². The molecular formula is C18H23FN6O2S. The molecule has 28 heavy (non-hydrogen) atoms. The number of carbonyl (C=O) groups excluding carboxylic acids is 2. The predicted molar refractivity (Wildman–Crippen MR) is 105 cm³/mol. The summed E-state index contributed by atoms with van der Waals surface area (Å²) in [6, 6.07) is 0.243. The smallest absolute Gasteiger partial charge is 0.324 e. The van der Waals surface area contributed by atoms with Gasteiger partial charge in [-0.25, -0.2) is 24.1 Å². The number of likely N-dealkylation sites (tertiary alicyclic amines) is 1. The lowest BCUT2D eigenvalue weighted by Crippen LogP contribution is -2.45. The highest BCUT2D eigenvalue weighted by atomic mass is 32.1. The molecule has 0 spiro atoms. The maximum atomic E-state index is 13.7. The number of primary amides is 1. The number of alkyl halides is 1. The van der Waals surface area contributed by atoms with Crippen LogP contribution in [0.2, 0.25) is 0 Å². The van der Waals surface area contributed by atoms with E-state index in [0.717, 1.165) is 15.5 Å². The Bertz CT molecular complexity index is 910. The van der Waals surface area contributed by atoms with Crippen molar-refractivity contribution in [3.63, 3.8) is 0 Å². The van der Waals surface area contributed by atoms with Gasteiger partial charge in [0.1, 0.15) is 18.0 Å². The molecule has 0 radical (unpaired) electrons. The number of carbonyl (C=O) groups is 2. The third-order valence-corrected chi connectivity index (χ3v) is 5.50. The van der Waals surface area contributed by atoms with E-state index in [1.165, 1.54) is 11.3 Å². The fraction of sp³-hybridized carbons (Fsp3) is 0.500. The second-order valence-corrected chi connectivity index (χ2v) is 8.78. The van der Waals surface area contributed by atoms with Gasteiger partial charge in [0.25, 0.3) is 0 Å². The minimum absolute atomic E-state index is 0.0819. The van der Waals surface area contributed by atoms with Crippen LogP contribution in [0.1, 0.15) is 38.7 Å². The Kier molecular flexibility index (Phi) is 5.33. The van der Waals surface area contributed by atoms with Gasteiger partial charge in [0, 0.05) is 18.0 Å². The fourth-order valence-electron chi connectivity index (χ4n) is 2.98. The highest BCUT2D eigenvalue weighted by Gasteiger charge is 2.39. The zero-order valence-corrected chi connectivity index (χ0v) is 17.0. The van der Waals surface area contributed by atoms with Crippen molar-refractivity contribution in [2.45, 2.75) is 51.7 Å². The number of thiazole rings is 1. The van der Waals surface area contributed by atoms with Crippen LogP contribution in [0.25, 0.3) is 10.6 Å². The number of aryl methyl sites for hydroxylation is 1. The highest BCUT2D eigenvalue weighted by Crippen LogP contribution is 2.33. The Labute approximate surface area is 166 Å². The number of nitrogens with one attached hydrogen (secondary N) is 1. The van der Waals surface area contributed by atoms with Gasteiger partial charge in [-0.2, -0.15) is 0 Å². The number of aromatic nitrogens is 3. The number of hydrogen-bond donors (Lipinski definition) is 2. The molecular weight excluding hydrogens is 383 g/mol. The lowest BCUT2D eigenvalue weighted by atomic mass is 9.95. The zero-order valence-electron chi connectivity index (χ0n) is 16.2. The minimum Gasteiger partial charge on any atom is -0.368 e. The van der Waals surface area contributed by atoms with Crippen molar-refractivity contribution in [2.24, 2.45) is 5.73 Å². The quantitative estimate of drug-likeness (QED) is 0.813. The van der Waals surface area contributed by atoms with Crippen LogP contribution in [0.3, 0.4) is 0 Å². The molecule has 10 heteroatoms. The maximum Gasteiger partial charge on any atom is 0.324 e. The second kappa shape index (κ2) is 7.42. The van der Waals surface area contributed by atoms with Crippen molar-refractivity contribution in [1.82, 2.24) is 19.9 Å². The van der Waals surface area contributed by atoms with E-state index in [1.807, 2.05) is 27.7 Å². The number of nitrogens with zero attached hydrogens (tertiary/aromatic N) is 4. The van der Waals surface area contributed by atoms with E-state index in [1.54, 1.807) is 12.3 Å². The van der Waals surface area contributed by atoms with Crippen LogP contribution in [-0.2, 0) is 10.2 Å². The fourth-order valence-corrected chi connectivity index (χ4v) is 3.90. The third-order valence-electron chi connectivity index (χ3n) is 4.41. The van der Waals surface area contributed by atoms with Crippen LogP contribution in [0.4, 0.5) is 14.3 Å². The monoisotopic (exact) mass is 406 g/mol. The molecule has 0 saturated carbocycles. The summed E-state index contributed by atoms with van der Waals surface area (Å²) in [5.74, 6) is -0.0132. The van der Waals surface area contributed by atoms with Gasteiger partial charge in [0.15, 0.2) is 5.13 Å². The summed E-state index contributed by atoms with van der Waals surface area (Å²) < 4.78 is 13.7. The first kappa shape index (κ1) is 20.1. The molecule has 1 fully saturated rings. The Morgan fingerprint density at radius 1 is 1.36 bits per heavy atom. The Morgan fingerprint density at radius 3 is 2.71 bits per heavy atom. The number of halogens is 1. The van der Waals surface area contributed by atoms with E-state index >= 15 is 0 Å². The molecule has 2 aromatic rings. The van der Waals surface area contributed by atoms with Crippen molar-refractivity contribution in [1.29, 1.82) is 0 Å². The topological polar surface area (TPSA) is 114 Å². The number of amides is 3. The largest absolute Gasteiger partial charge is 0.368 e. The Morgan fingerprint density at radius 2 is 2.07 bits per heavy atom. The molecule has 1 saturated heterocycles. The number of anilines is 1. The van der Waals surface area contributed by atoms with Gasteiger partial charge in [-0.05, 0) is 13.0 Å². The van der Waals surface area contributed by atoms with E-state index in [4.69, 9.17) is 5.73 Å². The molecule has 0 bridgehead atoms. The first-order chi connectivity index (χ1) is 13.1. The van der Waals surface area contributed by atoms with Crippen molar-refractivity contribution in [3.8, 4) is 10.6 Å². The SMILES string of the molecule is Cc1nc(NC(=O)N2C[C@H](F)C[C@H]2C(N)=O)sc1-c1ccnc(C(C)(C)C)n1. The molecule has 150 valence electrons. The first-order valence-corrected chi connectivity index (χ1v) is 9.70. The third kappa shape index (κ3) is 4.11. The maximum absolute atomic E-state index is 13.7. The lowest BCUT2D eigenvalue weighted by Gasteiger charge is -2.21. The highest BCUT2D eigenvalue weighted by molar-refractivity contribution is 7.19. The molecule has 3 N–H and O–H groups in total. The Balaban J connectivity index is 1.81. The van der Waals surface area contributed by atoms with Gasteiger partial charge < -0.3 is 10.6 Å². The molecule has 2 atom stereocenters. The summed E-state index contributed by atoms with van der Waals surface area (Å²) in [5.41, 5.74) is 6.50. The summed E-state index contributed by atoms with van der Waals surface area (Å²) in [6.07, 6.45) is 0.346. The molecule has 1 aliphatic rings. The molecule has 1 aliphatic heterocycles. The molecule has 0 unspecified atom stereocenters. The van der Waals surface area contributed by atoms with Crippen molar-refractivity contribution < 1.29 is 14.0 Å². The van der Waals surface area contributed by atoms with Crippen LogP contribution < -0.4 is 11.1 Å². The van der Waals surface area contributed by atoms with Crippen LogP contribution in [0.15, 0.2) is 12.3 Å². The number of hydrogen-bond acceptors (Lipinski definition) is 6. The second-order valence-electron chi connectivity index (χ2n) is 7.78. The molecule has 3 heterocycles. The molecule has 3 rings (SSSR count). The van der Waals surface area contributed by atoms with Gasteiger partial charge >= 0.3 is 6.03 Å². The lowest BCUT2D eigenvalue weighted by molar-refractivity contribution is -0.121. The molecule has 0 aliphatic carbocycles. The number of nitrogens with two attached hydrogens (primary N) is 1. The summed E-state index contributed by atoms with van der Waals surface area (Å²) in [7, 11) is 0. The van der Waals surface area contributed by atoms with Crippen molar-refractivity contribution in [2.75, 3.05) is 11.9 Å². The first-order valence-electron chi connectivity index (χ1n) is 8.88. The van der Waals surface area contributed by atoms with Gasteiger partial charge in [-0.15, -0.1) is 0 Å². The van der Waals surface area contributed by atoms with Gasteiger partial charge in [-0.1, -0.05) is 32.1 Å². The van der Waals surface area contributed by atoms with Gasteiger partial charge in [-0.3, -0.25) is 10.1 Å². The average Bonchev–Trinajstić information content (AvgIpc) is 3.17. The van der Waals surface area contributed by atoms with Crippen molar-refractivity contribution >= 4 is 28.4 Å². The summed E-state index contributed by atoms with van der Waals surface area (Å²) in [6.45, 7) is 7.74. The Hall–Kier alpha value is -2.62. The summed E-state index contributed by atoms with van der Waals surface area (Å²) in [4.78, 5) is 39.2. The normalized spacial score (nSPS) is 19.7. The predicted octanol–water partition coefficient (Wildman–Crippen LogP) is 2.64. The zero-order chi connectivity index (χ0) is 20.6. The van der Waals surface area contributed by atoms with Crippen LogP contribution >= 0.6 is 11.3 Å². The van der Waals surface area contributed by atoms with Crippen LogP contribution in [-0.4, -0.2) is 50.5 Å². The molecule has 8 nitrogen and oxygen atoms in total. The molecule has 0 aromatic carbocycles. The standard InChI is InChI=1S/C18H23FN6O2S/c1-9-13(11-5-6-21-15(23-11)18(2,3)4)28-16(22-9)24-17(27)25-8-10(19)7-12(25)14(20)26/h5-6,10,12H,7-8H2,1-4H3,(H2,20,26)(H,22,24,27)/t10-,12+/m1/s1. The minimum atomic E-state index is -1.27. The van der Waals surface area contributed by atoms with E-state index < -0.39 is 24.2 Å². The van der Waals surface area contributed by atoms with Gasteiger partial charge in [0.2, 0.25) is 5.91 Å². The van der Waals surface area contributed by atoms with E-state index in [2.05, 4.69) is 20.3 Å². The summed E-state index contributed by atoms with van der Waals surface area (Å²) >= 11 is 1.26.